The molecule has 3 heteroatoms. The average molecular weight is 153 g/mol. The van der Waals surface area contributed by atoms with Gasteiger partial charge in [-0.2, -0.15) is 0 Å². The maximum absolute atomic E-state index is 10.4. The molecule has 0 spiro atoms. The summed E-state index contributed by atoms with van der Waals surface area (Å²) in [7, 11) is 0. The summed E-state index contributed by atoms with van der Waals surface area (Å²) in [6.45, 7) is 3.54. The zero-order chi connectivity index (χ0) is 8.43. The third-order valence-electron chi connectivity index (χ3n) is 1.79. The number of carbonyl (C=O) groups excluding carboxylic acids is 1. The number of carbonyl (C=O) groups is 1. The summed E-state index contributed by atoms with van der Waals surface area (Å²) in [6, 6.07) is -0.745. The molecule has 3 nitrogen and oxygen atoms in total. The number of allylic oxidation sites excluding steroid dienone is 1. The predicted molar refractivity (Wildman–Crippen MR) is 38.1 cm³/mol. The zero-order valence-corrected chi connectivity index (χ0v) is 6.30. The van der Waals surface area contributed by atoms with Gasteiger partial charge in [0.25, 0.3) is 0 Å². The molecule has 0 saturated heterocycles. The van der Waals surface area contributed by atoms with E-state index >= 15 is 0 Å². The lowest BCUT2D eigenvalue weighted by Gasteiger charge is -2.09. The zero-order valence-electron chi connectivity index (χ0n) is 6.30. The lowest BCUT2D eigenvalue weighted by Crippen LogP contribution is -2.69. The standard InChI is InChI=1S/C8H11NO2/c1-2-6(5-3-4-5)7(9)8(10)11/h2,7H,1,3-4,9H2,(H,10,11). The molecular weight excluding hydrogens is 142 g/mol. The average Bonchev–Trinajstić information content (AvgIpc) is 2.72. The first kappa shape index (κ1) is 8.01. The first-order valence-electron chi connectivity index (χ1n) is 3.55. The number of hydrogen-bond donors (Lipinski definition) is 1. The minimum Gasteiger partial charge on any atom is -0.544 e. The molecule has 1 atom stereocenters. The van der Waals surface area contributed by atoms with Gasteiger partial charge in [-0.25, -0.2) is 0 Å². The van der Waals surface area contributed by atoms with Crippen LogP contribution in [0.5, 0.6) is 0 Å². The topological polar surface area (TPSA) is 67.8 Å². The van der Waals surface area contributed by atoms with Gasteiger partial charge < -0.3 is 15.6 Å². The number of quaternary nitrogens is 1. The molecule has 0 aliphatic heterocycles. The Labute approximate surface area is 65.2 Å². The van der Waals surface area contributed by atoms with Crippen molar-refractivity contribution in [2.75, 3.05) is 0 Å². The fraction of sp³-hybridized carbons (Fsp3) is 0.375. The number of aliphatic carboxylic acids is 1. The van der Waals surface area contributed by atoms with Gasteiger partial charge in [-0.15, -0.1) is 0 Å². The van der Waals surface area contributed by atoms with Crippen molar-refractivity contribution in [3.8, 4) is 0 Å². The van der Waals surface area contributed by atoms with E-state index in [4.69, 9.17) is 0 Å². The van der Waals surface area contributed by atoms with E-state index in [2.05, 4.69) is 12.3 Å². The summed E-state index contributed by atoms with van der Waals surface area (Å²) in [5.41, 5.74) is 5.38. The molecule has 0 aromatic carbocycles. The number of carboxylic acids is 1. The van der Waals surface area contributed by atoms with Crippen LogP contribution in [0.25, 0.3) is 0 Å². The van der Waals surface area contributed by atoms with Crippen molar-refractivity contribution in [3.63, 3.8) is 0 Å². The molecule has 3 N–H and O–H groups in total. The highest BCUT2D eigenvalue weighted by Crippen LogP contribution is 2.32. The molecule has 1 fully saturated rings. The summed E-state index contributed by atoms with van der Waals surface area (Å²) in [5, 5.41) is 10.4. The van der Waals surface area contributed by atoms with Crippen molar-refractivity contribution in [2.45, 2.75) is 18.9 Å². The fourth-order valence-corrected chi connectivity index (χ4v) is 1.01. The second kappa shape index (κ2) is 2.88. The molecule has 60 valence electrons. The minimum absolute atomic E-state index is 0.741. The van der Waals surface area contributed by atoms with Gasteiger partial charge in [0.15, 0.2) is 6.04 Å². The van der Waals surface area contributed by atoms with Crippen LogP contribution < -0.4 is 10.8 Å². The maximum Gasteiger partial charge on any atom is 0.150 e. The highest BCUT2D eigenvalue weighted by molar-refractivity contribution is 5.75. The molecule has 1 saturated carbocycles. The molecule has 1 aliphatic carbocycles. The Kier molecular flexibility index (Phi) is 2.10. The van der Waals surface area contributed by atoms with E-state index in [1.165, 1.54) is 0 Å². The Morgan fingerprint density at radius 2 is 2.27 bits per heavy atom. The van der Waals surface area contributed by atoms with Crippen LogP contribution in [-0.4, -0.2) is 12.0 Å². The van der Waals surface area contributed by atoms with Gasteiger partial charge in [-0.3, -0.25) is 0 Å². The van der Waals surface area contributed by atoms with Crippen molar-refractivity contribution in [2.24, 2.45) is 0 Å². The van der Waals surface area contributed by atoms with Crippen LogP contribution in [0.1, 0.15) is 12.8 Å². The second-order valence-electron chi connectivity index (χ2n) is 2.63. The van der Waals surface area contributed by atoms with E-state index in [-0.39, 0.29) is 0 Å². The van der Waals surface area contributed by atoms with Crippen LogP contribution >= 0.6 is 0 Å². The smallest absolute Gasteiger partial charge is 0.150 e. The van der Waals surface area contributed by atoms with E-state index < -0.39 is 12.0 Å². The number of hydrogen-bond acceptors (Lipinski definition) is 2. The van der Waals surface area contributed by atoms with Crippen molar-refractivity contribution < 1.29 is 15.6 Å². The van der Waals surface area contributed by atoms with Crippen molar-refractivity contribution in [3.05, 3.63) is 23.8 Å². The van der Waals surface area contributed by atoms with Gasteiger partial charge in [0.1, 0.15) is 5.97 Å². The molecule has 1 rings (SSSR count). The van der Waals surface area contributed by atoms with Crippen molar-refractivity contribution in [1.29, 1.82) is 0 Å². The third kappa shape index (κ3) is 1.68. The molecular formula is C8H11NO2. The molecule has 0 heterocycles. The summed E-state index contributed by atoms with van der Waals surface area (Å²) in [5.74, 6) is -1.13. The van der Waals surface area contributed by atoms with Crippen LogP contribution in [0, 0.1) is 0 Å². The summed E-state index contributed by atoms with van der Waals surface area (Å²) in [4.78, 5) is 10.4. The van der Waals surface area contributed by atoms with Crippen LogP contribution in [0.2, 0.25) is 0 Å². The highest BCUT2D eigenvalue weighted by atomic mass is 16.4. The van der Waals surface area contributed by atoms with Crippen molar-refractivity contribution in [1.82, 2.24) is 0 Å². The van der Waals surface area contributed by atoms with Gasteiger partial charge in [0.05, 0.1) is 0 Å². The molecule has 0 amide bonds. The van der Waals surface area contributed by atoms with E-state index in [1.54, 1.807) is 6.08 Å². The van der Waals surface area contributed by atoms with Crippen LogP contribution in [0.3, 0.4) is 0 Å². The second-order valence-corrected chi connectivity index (χ2v) is 2.63. The first-order valence-corrected chi connectivity index (χ1v) is 3.55. The lowest BCUT2D eigenvalue weighted by atomic mass is 10.1. The Bertz CT molecular complexity index is 224. The monoisotopic (exact) mass is 153 g/mol. The highest BCUT2D eigenvalue weighted by Gasteiger charge is 2.22. The van der Waals surface area contributed by atoms with E-state index in [0.717, 1.165) is 24.0 Å². The number of rotatable bonds is 3. The molecule has 0 bridgehead atoms. The van der Waals surface area contributed by atoms with E-state index in [1.807, 2.05) is 0 Å². The SMILES string of the molecule is C=CC(=C1CC1)C([NH3+])C(=O)[O-]. The summed E-state index contributed by atoms with van der Waals surface area (Å²) in [6.07, 6.45) is 3.54. The minimum atomic E-state index is -1.13. The molecule has 1 unspecified atom stereocenters. The largest absolute Gasteiger partial charge is 0.544 e. The normalized spacial score (nSPS) is 17.4. The first-order chi connectivity index (χ1) is 5.16. The summed E-state index contributed by atoms with van der Waals surface area (Å²) < 4.78 is 0. The van der Waals surface area contributed by atoms with Gasteiger partial charge >= 0.3 is 0 Å². The van der Waals surface area contributed by atoms with Gasteiger partial charge in [-0.1, -0.05) is 18.2 Å². The predicted octanol–water partition coefficient (Wildman–Crippen LogP) is -1.38. The van der Waals surface area contributed by atoms with Gasteiger partial charge in [-0.05, 0) is 12.8 Å². The van der Waals surface area contributed by atoms with Gasteiger partial charge in [0.2, 0.25) is 0 Å². The molecule has 1 aliphatic rings. The molecule has 11 heavy (non-hydrogen) atoms. The van der Waals surface area contributed by atoms with E-state index in [0.29, 0.717) is 0 Å². The van der Waals surface area contributed by atoms with Crippen molar-refractivity contribution >= 4 is 5.97 Å². The number of carboxylic acid groups (broad SMARTS) is 1. The Morgan fingerprint density at radius 3 is 2.55 bits per heavy atom. The molecule has 0 radical (unpaired) electrons. The van der Waals surface area contributed by atoms with Gasteiger partial charge in [0, 0.05) is 5.57 Å². The molecule has 0 aromatic heterocycles. The quantitative estimate of drug-likeness (QED) is 0.543. The van der Waals surface area contributed by atoms with Crippen LogP contribution in [0.15, 0.2) is 23.8 Å². The lowest BCUT2D eigenvalue weighted by molar-refractivity contribution is -0.426. The molecule has 0 aromatic rings. The third-order valence-corrected chi connectivity index (χ3v) is 1.79. The Hall–Kier alpha value is -1.09. The Morgan fingerprint density at radius 1 is 1.73 bits per heavy atom. The van der Waals surface area contributed by atoms with Crippen LogP contribution in [-0.2, 0) is 4.79 Å². The maximum atomic E-state index is 10.4. The Balaban J connectivity index is 2.78. The summed E-state index contributed by atoms with van der Waals surface area (Å²) >= 11 is 0. The van der Waals surface area contributed by atoms with Crippen LogP contribution in [0.4, 0.5) is 0 Å². The fourth-order valence-electron chi connectivity index (χ4n) is 1.01. The van der Waals surface area contributed by atoms with E-state index in [9.17, 15) is 9.90 Å².